The molecular weight excluding hydrogens is 1620 g/mol. The predicted molar refractivity (Wildman–Crippen MR) is 430 cm³/mol. The van der Waals surface area contributed by atoms with Crippen LogP contribution in [-0.2, 0) is 131 Å². The number of aliphatic carboxylic acids is 1. The maximum absolute atomic E-state index is 14.6. The highest BCUT2D eigenvalue weighted by Crippen LogP contribution is 2.11. The number of nitrogens with two attached hydrogens (primary N) is 3. The lowest BCUT2D eigenvalue weighted by molar-refractivity contribution is -0.141. The molecule has 14 amide bonds. The number of carbonyl (C=O) groups is 15. The molecule has 1 aliphatic rings. The molecule has 666 valence electrons. The van der Waals surface area contributed by atoms with Gasteiger partial charge in [-0.1, -0.05) is 35.5 Å². The standard InChI is InChI=1S/C70H116N18O27S3/c1-2-81-115-42-60(94)77-17-21-107-25-29-111-32-34-112-33-31-110-28-24-106-20-16-76-59(93)41-114-40-57(91)74-13-7-6-11-49-65(100)86-52(43-116)68(103)84-48(12-8-14-79-70(72)73)63(98)80-37-56(90)83-51(36-62(96)97)67(102)87-53(44-117)69(104)85-50(35-47-9-4-3-5-10-47)66(101)88-54(45-118-46-61(95)82-49)64(99)78-18-22-108-26-30-109-27-23-105-19-15-75-58(92)39-113-38-55(71)89/h2-5,9-10,48-54,116-117H,6-8,11-46H2,1H3,(H2,71,89)(H,74,91)(H,75,92)(H,76,93)(H,77,94)(H,78,99)(H,80,98)(H,82,95)(H,83,90)(H,84,103)(H,85,104)(H,86,100)(H,87,102)(H,88,101)(H,96,97)(H4,72,73,79)/b81-2+/t48-,49-,50-,51-,52-,53-,54-/m0/s1. The third-order valence-corrected chi connectivity index (χ3v) is 17.2. The number of carboxylic acid groups (broad SMARTS) is 1. The molecule has 1 fully saturated rings. The second kappa shape index (κ2) is 67.5. The molecule has 1 saturated heterocycles. The van der Waals surface area contributed by atoms with E-state index in [2.05, 4.69) is 105 Å². The van der Waals surface area contributed by atoms with Gasteiger partial charge in [-0.2, -0.15) is 25.3 Å². The van der Waals surface area contributed by atoms with Crippen molar-refractivity contribution in [2.24, 2.45) is 27.3 Å². The number of benzene rings is 1. The predicted octanol–water partition coefficient (Wildman–Crippen LogP) is -8.70. The molecule has 0 bridgehead atoms. The van der Waals surface area contributed by atoms with Crippen LogP contribution in [0.15, 0.2) is 40.5 Å². The molecule has 0 aromatic heterocycles. The first-order chi connectivity index (χ1) is 56.8. The Labute approximate surface area is 698 Å². The van der Waals surface area contributed by atoms with Crippen LogP contribution < -0.4 is 86.3 Å². The van der Waals surface area contributed by atoms with Gasteiger partial charge in [0.15, 0.2) is 12.6 Å². The summed E-state index contributed by atoms with van der Waals surface area (Å²) >= 11 is 9.37. The highest BCUT2D eigenvalue weighted by Gasteiger charge is 2.34. The van der Waals surface area contributed by atoms with Crippen molar-refractivity contribution in [3.63, 3.8) is 0 Å². The number of thioether (sulfide) groups is 1. The summed E-state index contributed by atoms with van der Waals surface area (Å²) in [7, 11) is 0. The number of rotatable bonds is 57. The lowest BCUT2D eigenvalue weighted by atomic mass is 10.0. The van der Waals surface area contributed by atoms with Crippen molar-refractivity contribution in [2.45, 2.75) is 94.2 Å². The number of thiol groups is 2. The smallest absolute Gasteiger partial charge is 0.305 e. The fraction of sp³-hybridized carbons (Fsp3) is 0.671. The highest BCUT2D eigenvalue weighted by molar-refractivity contribution is 8.00. The zero-order chi connectivity index (χ0) is 86.8. The number of oxime groups is 1. The van der Waals surface area contributed by atoms with Crippen LogP contribution in [0.2, 0.25) is 0 Å². The Kier molecular flexibility index (Phi) is 59.9. The van der Waals surface area contributed by atoms with Crippen molar-refractivity contribution in [3.05, 3.63) is 35.9 Å². The van der Waals surface area contributed by atoms with Crippen LogP contribution in [-0.4, -0.2) is 356 Å². The molecule has 1 aromatic carbocycles. The van der Waals surface area contributed by atoms with Crippen LogP contribution in [0.3, 0.4) is 0 Å². The number of carboxylic acids is 1. The minimum Gasteiger partial charge on any atom is -0.481 e. The Hall–Kier alpha value is -9.34. The van der Waals surface area contributed by atoms with Gasteiger partial charge < -0.3 is 144 Å². The number of ether oxygens (including phenoxy) is 10. The van der Waals surface area contributed by atoms with E-state index < -0.39 is 169 Å². The van der Waals surface area contributed by atoms with Crippen LogP contribution in [0.4, 0.5) is 0 Å². The Morgan fingerprint density at radius 3 is 1.37 bits per heavy atom. The molecule has 0 radical (unpaired) electrons. The number of nitrogens with one attached hydrogen (secondary N) is 13. The highest BCUT2D eigenvalue weighted by atomic mass is 32.2. The minimum absolute atomic E-state index is 0.0321. The van der Waals surface area contributed by atoms with E-state index in [1.54, 1.807) is 37.3 Å². The Bertz CT molecular complexity index is 3250. The first-order valence-electron chi connectivity index (χ1n) is 37.8. The minimum atomic E-state index is -1.88. The quantitative estimate of drug-likeness (QED) is 0.00947. The second-order valence-electron chi connectivity index (χ2n) is 25.1. The largest absolute Gasteiger partial charge is 0.481 e. The van der Waals surface area contributed by atoms with E-state index in [0.717, 1.165) is 11.8 Å². The van der Waals surface area contributed by atoms with E-state index in [1.165, 1.54) is 6.21 Å². The molecule has 118 heavy (non-hydrogen) atoms. The maximum atomic E-state index is 14.6. The fourth-order valence-electron chi connectivity index (χ4n) is 9.70. The zero-order valence-electron chi connectivity index (χ0n) is 66.1. The Morgan fingerprint density at radius 1 is 0.475 bits per heavy atom. The number of carbonyl (C=O) groups excluding carboxylic acids is 14. The van der Waals surface area contributed by atoms with Crippen molar-refractivity contribution in [1.82, 2.24) is 69.1 Å². The lowest BCUT2D eigenvalue weighted by Crippen LogP contribution is -2.60. The summed E-state index contributed by atoms with van der Waals surface area (Å²) in [4.78, 5) is 206. The molecule has 1 aliphatic heterocycles. The SMILES string of the molecule is C/C=N/OCC(=O)NCCOCCOCCOCCOCCOCCNC(=O)COCC(=O)NCCCC[C@@H]1NC(=O)CSC[C@@H](C(=O)NCCOCCOCCOCCNC(=O)COCC(N)=O)NC(=O)[C@H](Cc2ccccc2)NC(=O)[C@H](CS)NC(=O)[C@H](CC(=O)O)NC(=O)CNC(=O)[C@H](CCCN=C(N)N)NC(=O)[C@H](CS)NC1=O. The summed E-state index contributed by atoms with van der Waals surface area (Å²) in [5.74, 6) is -14.7. The van der Waals surface area contributed by atoms with Crippen LogP contribution >= 0.6 is 37.0 Å². The summed E-state index contributed by atoms with van der Waals surface area (Å²) in [6.07, 6.45) is 0.333. The molecule has 0 aliphatic carbocycles. The van der Waals surface area contributed by atoms with Crippen molar-refractivity contribution in [2.75, 3.05) is 208 Å². The van der Waals surface area contributed by atoms with Crippen LogP contribution in [0.5, 0.6) is 0 Å². The van der Waals surface area contributed by atoms with Gasteiger partial charge in [-0.3, -0.25) is 76.9 Å². The summed E-state index contributed by atoms with van der Waals surface area (Å²) in [5, 5.41) is 46.2. The van der Waals surface area contributed by atoms with Gasteiger partial charge in [-0.25, -0.2) is 0 Å². The van der Waals surface area contributed by atoms with E-state index in [0.29, 0.717) is 58.4 Å². The molecule has 45 nitrogen and oxygen atoms in total. The van der Waals surface area contributed by atoms with Gasteiger partial charge in [-0.05, 0) is 44.6 Å². The van der Waals surface area contributed by atoms with Gasteiger partial charge in [0, 0.05) is 69.2 Å². The summed E-state index contributed by atoms with van der Waals surface area (Å²) in [6.45, 7) is 3.04. The Balaban J connectivity index is 2.21. The average molecular weight is 1740 g/mol. The molecule has 0 unspecified atom stereocenters. The first kappa shape index (κ1) is 105. The Morgan fingerprint density at radius 2 is 0.890 bits per heavy atom. The third kappa shape index (κ3) is 54.6. The first-order valence-corrected chi connectivity index (χ1v) is 40.3. The molecule has 0 saturated carbocycles. The zero-order valence-corrected chi connectivity index (χ0v) is 68.7. The molecule has 1 aromatic rings. The number of aliphatic imine (C=N–C) groups is 1. The van der Waals surface area contributed by atoms with Gasteiger partial charge in [0.05, 0.1) is 124 Å². The van der Waals surface area contributed by atoms with E-state index in [9.17, 15) is 77.0 Å². The van der Waals surface area contributed by atoms with Crippen LogP contribution in [0, 0.1) is 0 Å². The van der Waals surface area contributed by atoms with Crippen molar-refractivity contribution >= 4 is 138 Å². The summed E-state index contributed by atoms with van der Waals surface area (Å²) < 4.78 is 53.9. The number of unbranched alkanes of at least 4 members (excludes halogenated alkanes) is 1. The van der Waals surface area contributed by atoms with E-state index >= 15 is 0 Å². The molecule has 1 heterocycles. The van der Waals surface area contributed by atoms with Crippen molar-refractivity contribution < 1.29 is 129 Å². The number of guanidine groups is 1. The molecule has 48 heteroatoms. The van der Waals surface area contributed by atoms with Crippen LogP contribution in [0.25, 0.3) is 0 Å². The number of hydrogen-bond acceptors (Lipinski definition) is 31. The topological polar surface area (TPSA) is 637 Å². The molecular formula is C70H116N18O27S3. The van der Waals surface area contributed by atoms with E-state index in [4.69, 9.17) is 69.4 Å². The number of hydrogen-bond donors (Lipinski definition) is 19. The summed E-state index contributed by atoms with van der Waals surface area (Å²) in [6, 6.07) is -2.52. The van der Waals surface area contributed by atoms with Gasteiger partial charge >= 0.3 is 5.97 Å². The van der Waals surface area contributed by atoms with Gasteiger partial charge in [-0.15, -0.1) is 11.8 Å². The van der Waals surface area contributed by atoms with Crippen LogP contribution in [0.1, 0.15) is 51.0 Å². The monoisotopic (exact) mass is 1740 g/mol. The van der Waals surface area contributed by atoms with E-state index in [1.807, 2.05) is 0 Å². The molecule has 20 N–H and O–H groups in total. The molecule has 2 rings (SSSR count). The number of amides is 14. The molecule has 7 atom stereocenters. The number of nitrogens with zero attached hydrogens (tertiary/aromatic N) is 2. The van der Waals surface area contributed by atoms with E-state index in [-0.39, 0.29) is 167 Å². The second-order valence-corrected chi connectivity index (χ2v) is 26.8. The van der Waals surface area contributed by atoms with Crippen molar-refractivity contribution in [1.29, 1.82) is 0 Å². The van der Waals surface area contributed by atoms with Crippen molar-refractivity contribution in [3.8, 4) is 0 Å². The van der Waals surface area contributed by atoms with Gasteiger partial charge in [0.25, 0.3) is 5.91 Å². The maximum Gasteiger partial charge on any atom is 0.305 e. The van der Waals surface area contributed by atoms with Gasteiger partial charge in [0.2, 0.25) is 76.8 Å². The third-order valence-electron chi connectivity index (χ3n) is 15.4. The van der Waals surface area contributed by atoms with Gasteiger partial charge in [0.1, 0.15) is 68.7 Å². The molecule has 0 spiro atoms. The lowest BCUT2D eigenvalue weighted by Gasteiger charge is -2.26. The fourth-order valence-corrected chi connectivity index (χ4v) is 11.1. The normalized spacial score (nSPS) is 18.3. The summed E-state index contributed by atoms with van der Waals surface area (Å²) in [5.41, 5.74) is 16.5. The average Bonchev–Trinajstić information content (AvgIpc) is 0.882. The number of primary amides is 1.